The molecule has 1 heteroatoms. The van der Waals surface area contributed by atoms with Gasteiger partial charge in [-0.3, -0.25) is 0 Å². The molecule has 0 atom stereocenters. The number of nitrogen functional groups attached to an aromatic ring is 1. The Hall–Kier alpha value is -2.02. The van der Waals surface area contributed by atoms with Gasteiger partial charge in [-0.1, -0.05) is 48.5 Å². The predicted molar refractivity (Wildman–Crippen MR) is 65.9 cm³/mol. The molecule has 0 unspecified atom stereocenters. The fourth-order valence-electron chi connectivity index (χ4n) is 2.09. The normalized spacial score (nSPS) is 10.9. The maximum absolute atomic E-state index is 6.02. The molecule has 0 aliphatic heterocycles. The van der Waals surface area contributed by atoms with Gasteiger partial charge in [0.05, 0.1) is 0 Å². The second kappa shape index (κ2) is 2.99. The van der Waals surface area contributed by atoms with Gasteiger partial charge in [0.2, 0.25) is 0 Å². The van der Waals surface area contributed by atoms with Gasteiger partial charge in [-0.2, -0.15) is 0 Å². The number of anilines is 1. The number of hydrogen-bond acceptors (Lipinski definition) is 1. The molecule has 0 fully saturated rings. The highest BCUT2D eigenvalue weighted by atomic mass is 14.5. The molecule has 0 bridgehead atoms. The Bertz CT molecular complexity index is 641. The van der Waals surface area contributed by atoms with Crippen LogP contribution in [0.4, 0.5) is 5.69 Å². The van der Waals surface area contributed by atoms with Crippen LogP contribution in [0.3, 0.4) is 0 Å². The van der Waals surface area contributed by atoms with Crippen LogP contribution in [0, 0.1) is 0 Å². The standard InChI is InChI=1S/C14H11N/c15-13-7-3-5-11-9-8-10-4-1-2-6-12(10)14(11)13/h1-9H,15H2. The van der Waals surface area contributed by atoms with E-state index in [0.29, 0.717) is 0 Å². The number of fused-ring (bicyclic) bond motifs is 3. The zero-order valence-electron chi connectivity index (χ0n) is 8.27. The smallest absolute Gasteiger partial charge is 0.0400 e. The molecule has 15 heavy (non-hydrogen) atoms. The van der Waals surface area contributed by atoms with Crippen LogP contribution in [-0.2, 0) is 0 Å². The highest BCUT2D eigenvalue weighted by Gasteiger charge is 2.01. The van der Waals surface area contributed by atoms with Crippen molar-refractivity contribution in [3.63, 3.8) is 0 Å². The Balaban J connectivity index is 2.64. The van der Waals surface area contributed by atoms with Crippen LogP contribution in [0.1, 0.15) is 0 Å². The van der Waals surface area contributed by atoms with Gasteiger partial charge in [0.1, 0.15) is 0 Å². The van der Waals surface area contributed by atoms with E-state index in [1.807, 2.05) is 24.3 Å². The maximum atomic E-state index is 6.02. The lowest BCUT2D eigenvalue weighted by Crippen LogP contribution is -1.87. The highest BCUT2D eigenvalue weighted by molar-refractivity contribution is 6.12. The predicted octanol–water partition coefficient (Wildman–Crippen LogP) is 3.58. The molecule has 0 saturated heterocycles. The molecular weight excluding hydrogens is 182 g/mol. The van der Waals surface area contributed by atoms with E-state index in [1.54, 1.807) is 0 Å². The van der Waals surface area contributed by atoms with Crippen LogP contribution in [0.15, 0.2) is 54.6 Å². The zero-order chi connectivity index (χ0) is 10.3. The largest absolute Gasteiger partial charge is 0.398 e. The average molecular weight is 193 g/mol. The summed E-state index contributed by atoms with van der Waals surface area (Å²) in [7, 11) is 0. The van der Waals surface area contributed by atoms with Gasteiger partial charge in [-0.05, 0) is 22.2 Å². The first-order valence-corrected chi connectivity index (χ1v) is 5.02. The molecule has 3 aromatic rings. The highest BCUT2D eigenvalue weighted by Crippen LogP contribution is 2.29. The lowest BCUT2D eigenvalue weighted by Gasteiger charge is -2.05. The number of nitrogens with two attached hydrogens (primary N) is 1. The number of hydrogen-bond donors (Lipinski definition) is 1. The van der Waals surface area contributed by atoms with E-state index in [4.69, 9.17) is 5.73 Å². The molecule has 0 aliphatic rings. The third-order valence-electron chi connectivity index (χ3n) is 2.80. The minimum atomic E-state index is 0.851. The fraction of sp³-hybridized carbons (Fsp3) is 0. The Kier molecular flexibility index (Phi) is 1.65. The summed E-state index contributed by atoms with van der Waals surface area (Å²) in [6.45, 7) is 0. The van der Waals surface area contributed by atoms with Crippen molar-refractivity contribution in [3.8, 4) is 0 Å². The van der Waals surface area contributed by atoms with Gasteiger partial charge in [0, 0.05) is 11.1 Å². The molecular formula is C14H11N. The van der Waals surface area contributed by atoms with E-state index < -0.39 is 0 Å². The Morgan fingerprint density at radius 1 is 0.667 bits per heavy atom. The summed E-state index contributed by atoms with van der Waals surface area (Å²) in [5.41, 5.74) is 6.87. The molecule has 2 N–H and O–H groups in total. The quantitative estimate of drug-likeness (QED) is 0.428. The molecule has 0 aliphatic carbocycles. The zero-order valence-corrected chi connectivity index (χ0v) is 8.27. The molecule has 3 rings (SSSR count). The summed E-state index contributed by atoms with van der Waals surface area (Å²) < 4.78 is 0. The Morgan fingerprint density at radius 2 is 1.40 bits per heavy atom. The van der Waals surface area contributed by atoms with Crippen LogP contribution in [-0.4, -0.2) is 0 Å². The summed E-state index contributed by atoms with van der Waals surface area (Å²) in [6, 6.07) is 18.6. The van der Waals surface area contributed by atoms with E-state index >= 15 is 0 Å². The summed E-state index contributed by atoms with van der Waals surface area (Å²) in [6.07, 6.45) is 0. The molecule has 72 valence electrons. The first-order chi connectivity index (χ1) is 7.36. The molecule has 0 amide bonds. The van der Waals surface area contributed by atoms with Gasteiger partial charge in [0.15, 0.2) is 0 Å². The van der Waals surface area contributed by atoms with E-state index in [0.717, 1.165) is 11.1 Å². The Morgan fingerprint density at radius 3 is 2.33 bits per heavy atom. The Labute approximate surface area is 88.1 Å². The number of benzene rings is 3. The van der Waals surface area contributed by atoms with Crippen molar-refractivity contribution in [2.24, 2.45) is 0 Å². The lowest BCUT2D eigenvalue weighted by atomic mass is 10.0. The van der Waals surface area contributed by atoms with Crippen molar-refractivity contribution >= 4 is 27.2 Å². The van der Waals surface area contributed by atoms with Crippen LogP contribution < -0.4 is 5.73 Å². The molecule has 0 radical (unpaired) electrons. The first-order valence-electron chi connectivity index (χ1n) is 5.02. The van der Waals surface area contributed by atoms with Crippen LogP contribution >= 0.6 is 0 Å². The minimum absolute atomic E-state index is 0.851. The monoisotopic (exact) mass is 193 g/mol. The minimum Gasteiger partial charge on any atom is -0.398 e. The van der Waals surface area contributed by atoms with Crippen LogP contribution in [0.25, 0.3) is 21.5 Å². The lowest BCUT2D eigenvalue weighted by molar-refractivity contribution is 1.75. The van der Waals surface area contributed by atoms with Crippen LogP contribution in [0.5, 0.6) is 0 Å². The molecule has 0 heterocycles. The van der Waals surface area contributed by atoms with Crippen molar-refractivity contribution in [2.75, 3.05) is 5.73 Å². The summed E-state index contributed by atoms with van der Waals surface area (Å²) in [5, 5.41) is 4.83. The van der Waals surface area contributed by atoms with Crippen LogP contribution in [0.2, 0.25) is 0 Å². The molecule has 3 aromatic carbocycles. The van der Waals surface area contributed by atoms with Crippen molar-refractivity contribution in [1.82, 2.24) is 0 Å². The third kappa shape index (κ3) is 1.17. The molecule has 0 aromatic heterocycles. The van der Waals surface area contributed by atoms with Gasteiger partial charge in [-0.15, -0.1) is 0 Å². The number of rotatable bonds is 0. The molecule has 0 saturated carbocycles. The van der Waals surface area contributed by atoms with Gasteiger partial charge in [0.25, 0.3) is 0 Å². The van der Waals surface area contributed by atoms with Crippen molar-refractivity contribution in [2.45, 2.75) is 0 Å². The van der Waals surface area contributed by atoms with Crippen molar-refractivity contribution in [3.05, 3.63) is 54.6 Å². The van der Waals surface area contributed by atoms with Gasteiger partial charge < -0.3 is 5.73 Å². The summed E-state index contributed by atoms with van der Waals surface area (Å²) in [4.78, 5) is 0. The second-order valence-electron chi connectivity index (χ2n) is 3.73. The molecule has 1 nitrogen and oxygen atoms in total. The topological polar surface area (TPSA) is 26.0 Å². The van der Waals surface area contributed by atoms with E-state index in [1.165, 1.54) is 16.2 Å². The van der Waals surface area contributed by atoms with E-state index in [2.05, 4.69) is 30.3 Å². The first kappa shape index (κ1) is 8.30. The average Bonchev–Trinajstić information content (AvgIpc) is 2.29. The fourth-order valence-corrected chi connectivity index (χ4v) is 2.09. The van der Waals surface area contributed by atoms with E-state index in [9.17, 15) is 0 Å². The van der Waals surface area contributed by atoms with Crippen molar-refractivity contribution in [1.29, 1.82) is 0 Å². The van der Waals surface area contributed by atoms with Crippen molar-refractivity contribution < 1.29 is 0 Å². The maximum Gasteiger partial charge on any atom is 0.0400 e. The summed E-state index contributed by atoms with van der Waals surface area (Å²) >= 11 is 0. The SMILES string of the molecule is Nc1cccc2ccc3ccccc3c12. The molecule has 0 spiro atoms. The third-order valence-corrected chi connectivity index (χ3v) is 2.80. The summed E-state index contributed by atoms with van der Waals surface area (Å²) in [5.74, 6) is 0. The second-order valence-corrected chi connectivity index (χ2v) is 3.73. The van der Waals surface area contributed by atoms with Gasteiger partial charge in [-0.25, -0.2) is 0 Å². The van der Waals surface area contributed by atoms with Gasteiger partial charge >= 0.3 is 0 Å². The van der Waals surface area contributed by atoms with E-state index in [-0.39, 0.29) is 0 Å².